The second kappa shape index (κ2) is 7.17. The Morgan fingerprint density at radius 2 is 1.56 bits per heavy atom. The second-order valence-electron chi connectivity index (χ2n) is 6.33. The van der Waals surface area contributed by atoms with Gasteiger partial charge in [-0.15, -0.1) is 0 Å². The number of halogens is 1. The van der Waals surface area contributed by atoms with Crippen molar-refractivity contribution in [3.05, 3.63) is 59.2 Å². The number of benzene rings is 2. The van der Waals surface area contributed by atoms with Gasteiger partial charge in [0.05, 0.1) is 4.90 Å². The number of H-pyrrole nitrogens is 1. The maximum atomic E-state index is 12.6. The number of aromatic amines is 1. The van der Waals surface area contributed by atoms with Gasteiger partial charge in [0.2, 0.25) is 0 Å². The monoisotopic (exact) mass is 403 g/mol. The molecule has 1 aromatic heterocycles. The van der Waals surface area contributed by atoms with Crippen LogP contribution in [0.15, 0.2) is 53.4 Å². The van der Waals surface area contributed by atoms with Gasteiger partial charge >= 0.3 is 0 Å². The predicted octanol–water partition coefficient (Wildman–Crippen LogP) is 3.50. The van der Waals surface area contributed by atoms with E-state index in [1.54, 1.807) is 38.4 Å². The van der Waals surface area contributed by atoms with E-state index in [1.807, 2.05) is 12.1 Å². The van der Waals surface area contributed by atoms with E-state index in [-0.39, 0.29) is 10.8 Å². The molecule has 0 saturated carbocycles. The largest absolute Gasteiger partial charge is 0.343 e. The van der Waals surface area contributed by atoms with Crippen LogP contribution in [0, 0.1) is 0 Å². The van der Waals surface area contributed by atoms with Crippen LogP contribution in [-0.4, -0.2) is 49.8 Å². The first-order valence-corrected chi connectivity index (χ1v) is 10.3. The van der Waals surface area contributed by atoms with Crippen LogP contribution in [0.1, 0.15) is 10.5 Å². The maximum Gasteiger partial charge on any atom is 0.272 e. The summed E-state index contributed by atoms with van der Waals surface area (Å²) in [4.78, 5) is 14.3. The molecule has 3 aromatic rings. The van der Waals surface area contributed by atoms with Gasteiger partial charge in [0.15, 0.2) is 9.84 Å². The van der Waals surface area contributed by atoms with Gasteiger partial charge in [-0.1, -0.05) is 35.9 Å². The van der Waals surface area contributed by atoms with Crippen molar-refractivity contribution in [2.75, 3.05) is 20.4 Å². The van der Waals surface area contributed by atoms with Gasteiger partial charge in [-0.05, 0) is 29.8 Å². The smallest absolute Gasteiger partial charge is 0.272 e. The SMILES string of the molecule is CN(C)C(=O)c1[nH]nc(-c2ccc(S(C)(=O)=O)cc2)c1-c1ccc(Cl)cc1. The first-order valence-electron chi connectivity index (χ1n) is 8.05. The molecule has 27 heavy (non-hydrogen) atoms. The standard InChI is InChI=1S/C19H18ClN3O3S/c1-23(2)19(24)18-16(12-4-8-14(20)9-5-12)17(21-22-18)13-6-10-15(11-7-13)27(3,25)26/h4-11H,1-3H3,(H,21,22). The van der Waals surface area contributed by atoms with Gasteiger partial charge in [-0.3, -0.25) is 9.89 Å². The summed E-state index contributed by atoms with van der Waals surface area (Å²) in [6.45, 7) is 0. The molecule has 0 saturated heterocycles. The number of carbonyl (C=O) groups is 1. The third kappa shape index (κ3) is 3.89. The van der Waals surface area contributed by atoms with E-state index in [9.17, 15) is 13.2 Å². The van der Waals surface area contributed by atoms with Crippen molar-refractivity contribution in [2.45, 2.75) is 4.90 Å². The molecule has 0 atom stereocenters. The fourth-order valence-corrected chi connectivity index (χ4v) is 3.44. The van der Waals surface area contributed by atoms with E-state index in [0.29, 0.717) is 27.5 Å². The first-order chi connectivity index (χ1) is 12.7. The zero-order chi connectivity index (χ0) is 19.8. The quantitative estimate of drug-likeness (QED) is 0.722. The number of rotatable bonds is 4. The minimum atomic E-state index is -3.29. The maximum absolute atomic E-state index is 12.6. The molecule has 6 nitrogen and oxygen atoms in total. The highest BCUT2D eigenvalue weighted by Gasteiger charge is 2.23. The van der Waals surface area contributed by atoms with E-state index in [0.717, 1.165) is 11.8 Å². The molecule has 0 radical (unpaired) electrons. The lowest BCUT2D eigenvalue weighted by Gasteiger charge is -2.11. The Kier molecular flexibility index (Phi) is 5.08. The third-order valence-electron chi connectivity index (χ3n) is 4.08. The van der Waals surface area contributed by atoms with Gasteiger partial charge in [-0.2, -0.15) is 5.10 Å². The highest BCUT2D eigenvalue weighted by atomic mass is 35.5. The number of aromatic nitrogens is 2. The molecule has 1 N–H and O–H groups in total. The Balaban J connectivity index is 2.18. The average molecular weight is 404 g/mol. The van der Waals surface area contributed by atoms with Crippen molar-refractivity contribution < 1.29 is 13.2 Å². The van der Waals surface area contributed by atoms with Crippen molar-refractivity contribution in [3.63, 3.8) is 0 Å². The fourth-order valence-electron chi connectivity index (χ4n) is 2.69. The van der Waals surface area contributed by atoms with Crippen molar-refractivity contribution in [3.8, 4) is 22.4 Å². The van der Waals surface area contributed by atoms with Gasteiger partial charge in [0.25, 0.3) is 5.91 Å². The number of nitrogens with one attached hydrogen (secondary N) is 1. The van der Waals surface area contributed by atoms with E-state index >= 15 is 0 Å². The summed E-state index contributed by atoms with van der Waals surface area (Å²) in [6.07, 6.45) is 1.16. The number of nitrogens with zero attached hydrogens (tertiary/aromatic N) is 2. The number of hydrogen-bond acceptors (Lipinski definition) is 4. The first kappa shape index (κ1) is 19.1. The summed E-state index contributed by atoms with van der Waals surface area (Å²) >= 11 is 5.99. The van der Waals surface area contributed by atoms with Crippen LogP contribution in [0.3, 0.4) is 0 Å². The molecule has 8 heteroatoms. The fraction of sp³-hybridized carbons (Fsp3) is 0.158. The molecule has 0 fully saturated rings. The summed E-state index contributed by atoms with van der Waals surface area (Å²) in [5.74, 6) is -0.216. The zero-order valence-corrected chi connectivity index (χ0v) is 16.6. The minimum Gasteiger partial charge on any atom is -0.343 e. The van der Waals surface area contributed by atoms with Gasteiger partial charge in [-0.25, -0.2) is 8.42 Å². The molecule has 1 amide bonds. The molecule has 140 valence electrons. The second-order valence-corrected chi connectivity index (χ2v) is 8.78. The average Bonchev–Trinajstić information content (AvgIpc) is 3.06. The van der Waals surface area contributed by atoms with Crippen LogP contribution >= 0.6 is 11.6 Å². The molecular formula is C19H18ClN3O3S. The number of carbonyl (C=O) groups excluding carboxylic acids is 1. The normalized spacial score (nSPS) is 11.4. The number of sulfone groups is 1. The van der Waals surface area contributed by atoms with Crippen LogP contribution in [0.5, 0.6) is 0 Å². The lowest BCUT2D eigenvalue weighted by Crippen LogP contribution is -2.22. The van der Waals surface area contributed by atoms with Crippen molar-refractivity contribution in [2.24, 2.45) is 0 Å². The van der Waals surface area contributed by atoms with E-state index < -0.39 is 9.84 Å². The van der Waals surface area contributed by atoms with E-state index in [2.05, 4.69) is 10.2 Å². The highest BCUT2D eigenvalue weighted by molar-refractivity contribution is 7.90. The lowest BCUT2D eigenvalue weighted by molar-refractivity contribution is 0.0822. The van der Waals surface area contributed by atoms with Crippen LogP contribution in [0.25, 0.3) is 22.4 Å². The third-order valence-corrected chi connectivity index (χ3v) is 5.46. The molecule has 0 unspecified atom stereocenters. The Hall–Kier alpha value is -2.64. The Morgan fingerprint density at radius 3 is 2.07 bits per heavy atom. The van der Waals surface area contributed by atoms with Crippen LogP contribution in [0.2, 0.25) is 5.02 Å². The topological polar surface area (TPSA) is 83.1 Å². The summed E-state index contributed by atoms with van der Waals surface area (Å²) in [6, 6.07) is 13.5. The molecule has 0 bridgehead atoms. The molecular weight excluding hydrogens is 386 g/mol. The summed E-state index contributed by atoms with van der Waals surface area (Å²) in [5, 5.41) is 7.73. The molecule has 1 heterocycles. The van der Waals surface area contributed by atoms with E-state index in [1.165, 1.54) is 17.0 Å². The Labute approximate surface area is 162 Å². The van der Waals surface area contributed by atoms with Gasteiger partial charge < -0.3 is 4.90 Å². The van der Waals surface area contributed by atoms with Crippen molar-refractivity contribution >= 4 is 27.3 Å². The molecule has 2 aromatic carbocycles. The number of amides is 1. The van der Waals surface area contributed by atoms with Gasteiger partial charge in [0.1, 0.15) is 11.4 Å². The van der Waals surface area contributed by atoms with Gasteiger partial charge in [0, 0.05) is 36.5 Å². The minimum absolute atomic E-state index is 0.216. The Morgan fingerprint density at radius 1 is 1.00 bits per heavy atom. The molecule has 0 aliphatic rings. The van der Waals surface area contributed by atoms with Crippen LogP contribution in [0.4, 0.5) is 0 Å². The lowest BCUT2D eigenvalue weighted by atomic mass is 9.98. The highest BCUT2D eigenvalue weighted by Crippen LogP contribution is 2.34. The molecule has 0 spiro atoms. The zero-order valence-electron chi connectivity index (χ0n) is 15.0. The van der Waals surface area contributed by atoms with Crippen molar-refractivity contribution in [1.82, 2.24) is 15.1 Å². The molecule has 0 aliphatic carbocycles. The van der Waals surface area contributed by atoms with Crippen LogP contribution < -0.4 is 0 Å². The molecule has 3 rings (SSSR count). The van der Waals surface area contributed by atoms with Crippen LogP contribution in [-0.2, 0) is 9.84 Å². The summed E-state index contributed by atoms with van der Waals surface area (Å²) in [5.41, 5.74) is 3.02. The Bertz CT molecular complexity index is 1090. The van der Waals surface area contributed by atoms with E-state index in [4.69, 9.17) is 11.6 Å². The summed E-state index contributed by atoms with van der Waals surface area (Å²) < 4.78 is 23.4. The van der Waals surface area contributed by atoms with Crippen molar-refractivity contribution in [1.29, 1.82) is 0 Å². The number of hydrogen-bond donors (Lipinski definition) is 1. The summed E-state index contributed by atoms with van der Waals surface area (Å²) in [7, 11) is 0.0322. The molecule has 0 aliphatic heterocycles. The predicted molar refractivity (Wildman–Crippen MR) is 106 cm³/mol.